The van der Waals surface area contributed by atoms with Crippen molar-refractivity contribution in [3.05, 3.63) is 59.1 Å². The van der Waals surface area contributed by atoms with Crippen molar-refractivity contribution in [3.8, 4) is 0 Å². The number of nitrogens with zero attached hydrogens (tertiary/aromatic N) is 1. The fraction of sp³-hybridized carbons (Fsp3) is 0.235. The first-order valence-electron chi connectivity index (χ1n) is 7.31. The molecule has 0 unspecified atom stereocenters. The molecule has 0 aliphatic rings. The summed E-state index contributed by atoms with van der Waals surface area (Å²) in [5.74, 6) is -0.814. The lowest BCUT2D eigenvalue weighted by Gasteiger charge is -2.19. The highest BCUT2D eigenvalue weighted by molar-refractivity contribution is 7.91. The van der Waals surface area contributed by atoms with E-state index < -0.39 is 15.7 Å². The van der Waals surface area contributed by atoms with Gasteiger partial charge < -0.3 is 10.2 Å². The predicted octanol–water partition coefficient (Wildman–Crippen LogP) is 2.63. The summed E-state index contributed by atoms with van der Waals surface area (Å²) >= 11 is 5.92. The summed E-state index contributed by atoms with van der Waals surface area (Å²) in [5, 5.41) is 3.02. The molecule has 7 heteroatoms. The van der Waals surface area contributed by atoms with E-state index in [0.29, 0.717) is 5.02 Å². The Kier molecular flexibility index (Phi) is 5.85. The summed E-state index contributed by atoms with van der Waals surface area (Å²) in [6, 6.07) is 13.6. The van der Waals surface area contributed by atoms with E-state index in [1.807, 2.05) is 13.0 Å². The van der Waals surface area contributed by atoms with Crippen LogP contribution in [-0.2, 0) is 14.6 Å². The zero-order valence-corrected chi connectivity index (χ0v) is 15.1. The molecule has 0 aliphatic heterocycles. The van der Waals surface area contributed by atoms with Crippen LogP contribution in [0.2, 0.25) is 5.02 Å². The van der Waals surface area contributed by atoms with E-state index in [4.69, 9.17) is 11.6 Å². The minimum atomic E-state index is -3.55. The number of hydrogen-bond acceptors (Lipinski definition) is 4. The number of carbonyl (C=O) groups excluding carboxylic acids is 1. The van der Waals surface area contributed by atoms with Crippen LogP contribution in [0.15, 0.2) is 53.4 Å². The Labute approximate surface area is 147 Å². The number of halogens is 1. The molecule has 5 nitrogen and oxygen atoms in total. The molecule has 0 bridgehead atoms. The van der Waals surface area contributed by atoms with Crippen molar-refractivity contribution in [2.75, 3.05) is 24.4 Å². The molecule has 1 amide bonds. The maximum Gasteiger partial charge on any atom is 0.240 e. The smallest absolute Gasteiger partial charge is 0.240 e. The molecule has 0 radical (unpaired) electrons. The van der Waals surface area contributed by atoms with Gasteiger partial charge in [0.05, 0.1) is 11.4 Å². The summed E-state index contributed by atoms with van der Waals surface area (Å²) in [5.41, 5.74) is 1.75. The summed E-state index contributed by atoms with van der Waals surface area (Å²) in [6.45, 7) is 1.91. The summed E-state index contributed by atoms with van der Waals surface area (Å²) in [7, 11) is -1.81. The van der Waals surface area contributed by atoms with Gasteiger partial charge in [0.2, 0.25) is 5.91 Å². The van der Waals surface area contributed by atoms with E-state index in [2.05, 4.69) is 5.32 Å². The van der Waals surface area contributed by atoms with Crippen LogP contribution in [0.3, 0.4) is 0 Å². The highest BCUT2D eigenvalue weighted by Gasteiger charge is 2.16. The van der Waals surface area contributed by atoms with Gasteiger partial charge >= 0.3 is 0 Å². The monoisotopic (exact) mass is 366 g/mol. The average Bonchev–Trinajstić information content (AvgIpc) is 2.53. The Morgan fingerprint density at radius 2 is 1.83 bits per heavy atom. The second-order valence-corrected chi connectivity index (χ2v) is 7.93. The minimum Gasteiger partial charge on any atom is -0.365 e. The van der Waals surface area contributed by atoms with Crippen molar-refractivity contribution in [2.45, 2.75) is 11.8 Å². The fourth-order valence-corrected chi connectivity index (χ4v) is 3.33. The molecule has 0 saturated heterocycles. The number of rotatable bonds is 6. The van der Waals surface area contributed by atoms with Crippen molar-refractivity contribution >= 4 is 33.0 Å². The van der Waals surface area contributed by atoms with Gasteiger partial charge in [-0.25, -0.2) is 8.42 Å². The van der Waals surface area contributed by atoms with Gasteiger partial charge in [0.15, 0.2) is 9.84 Å². The molecule has 0 spiro atoms. The van der Waals surface area contributed by atoms with Crippen molar-refractivity contribution in [2.24, 2.45) is 0 Å². The topological polar surface area (TPSA) is 66.5 Å². The van der Waals surface area contributed by atoms with Crippen LogP contribution >= 0.6 is 11.6 Å². The standard InChI is InChI=1S/C17H19ClN2O3S/c1-13-6-8-16(9-7-13)24(22,23)12-19-17(21)11-20(2)15-5-3-4-14(18)10-15/h3-10H,11-12H2,1-2H3,(H,19,21). The molecule has 2 aromatic carbocycles. The molecular weight excluding hydrogens is 348 g/mol. The van der Waals surface area contributed by atoms with Gasteiger partial charge in [0.25, 0.3) is 0 Å². The van der Waals surface area contributed by atoms with Gasteiger partial charge in [0.1, 0.15) is 5.88 Å². The molecule has 1 N–H and O–H groups in total. The summed E-state index contributed by atoms with van der Waals surface area (Å²) < 4.78 is 24.4. The van der Waals surface area contributed by atoms with Crippen LogP contribution in [0.25, 0.3) is 0 Å². The van der Waals surface area contributed by atoms with E-state index in [9.17, 15) is 13.2 Å². The van der Waals surface area contributed by atoms with Crippen LogP contribution in [0.5, 0.6) is 0 Å². The second-order valence-electron chi connectivity index (χ2n) is 5.51. The highest BCUT2D eigenvalue weighted by atomic mass is 35.5. The number of hydrogen-bond donors (Lipinski definition) is 1. The summed E-state index contributed by atoms with van der Waals surface area (Å²) in [6.07, 6.45) is 0. The fourth-order valence-electron chi connectivity index (χ4n) is 2.08. The van der Waals surface area contributed by atoms with Gasteiger partial charge in [-0.3, -0.25) is 4.79 Å². The lowest BCUT2D eigenvalue weighted by Crippen LogP contribution is -2.37. The Morgan fingerprint density at radius 1 is 1.17 bits per heavy atom. The zero-order valence-electron chi connectivity index (χ0n) is 13.5. The number of likely N-dealkylation sites (N-methyl/N-ethyl adjacent to an activating group) is 1. The zero-order chi connectivity index (χ0) is 17.7. The van der Waals surface area contributed by atoms with Crippen molar-refractivity contribution in [3.63, 3.8) is 0 Å². The van der Waals surface area contributed by atoms with Crippen LogP contribution < -0.4 is 10.2 Å². The first-order chi connectivity index (χ1) is 11.3. The maximum atomic E-state index is 12.2. The van der Waals surface area contributed by atoms with Crippen LogP contribution in [-0.4, -0.2) is 33.8 Å². The lowest BCUT2D eigenvalue weighted by atomic mass is 10.2. The van der Waals surface area contributed by atoms with Gasteiger partial charge in [-0.05, 0) is 37.3 Å². The number of sulfone groups is 1. The first-order valence-corrected chi connectivity index (χ1v) is 9.34. The van der Waals surface area contributed by atoms with Gasteiger partial charge in [-0.1, -0.05) is 35.4 Å². The van der Waals surface area contributed by atoms with Crippen molar-refractivity contribution < 1.29 is 13.2 Å². The van der Waals surface area contributed by atoms with Crippen LogP contribution in [0.4, 0.5) is 5.69 Å². The largest absolute Gasteiger partial charge is 0.365 e. The van der Waals surface area contributed by atoms with Gasteiger partial charge in [-0.15, -0.1) is 0 Å². The van der Waals surface area contributed by atoms with E-state index in [1.54, 1.807) is 42.3 Å². The normalized spacial score (nSPS) is 11.1. The van der Waals surface area contributed by atoms with E-state index in [1.165, 1.54) is 12.1 Å². The number of anilines is 1. The number of carbonyl (C=O) groups is 1. The van der Waals surface area contributed by atoms with Crippen molar-refractivity contribution in [1.82, 2.24) is 5.32 Å². The molecule has 0 aliphatic carbocycles. The average molecular weight is 367 g/mol. The molecule has 2 rings (SSSR count). The third-order valence-electron chi connectivity index (χ3n) is 3.47. The highest BCUT2D eigenvalue weighted by Crippen LogP contribution is 2.18. The van der Waals surface area contributed by atoms with Crippen molar-refractivity contribution in [1.29, 1.82) is 0 Å². The third-order valence-corrected chi connectivity index (χ3v) is 5.22. The second kappa shape index (κ2) is 7.68. The minimum absolute atomic E-state index is 0.0315. The first kappa shape index (κ1) is 18.3. The lowest BCUT2D eigenvalue weighted by molar-refractivity contribution is -0.119. The third kappa shape index (κ3) is 4.97. The molecule has 0 heterocycles. The Hall–Kier alpha value is -2.05. The van der Waals surface area contributed by atoms with Gasteiger partial charge in [0, 0.05) is 17.8 Å². The van der Waals surface area contributed by atoms with E-state index in [0.717, 1.165) is 11.3 Å². The summed E-state index contributed by atoms with van der Waals surface area (Å²) in [4.78, 5) is 13.9. The van der Waals surface area contributed by atoms with Gasteiger partial charge in [-0.2, -0.15) is 0 Å². The predicted molar refractivity (Wildman–Crippen MR) is 96.1 cm³/mol. The number of nitrogens with one attached hydrogen (secondary N) is 1. The molecule has 128 valence electrons. The quantitative estimate of drug-likeness (QED) is 0.853. The van der Waals surface area contributed by atoms with Crippen LogP contribution in [0, 0.1) is 6.92 Å². The van der Waals surface area contributed by atoms with Crippen LogP contribution in [0.1, 0.15) is 5.56 Å². The molecule has 2 aromatic rings. The molecular formula is C17H19ClN2O3S. The molecule has 0 fully saturated rings. The Morgan fingerprint density at radius 3 is 2.46 bits per heavy atom. The molecule has 0 atom stereocenters. The molecule has 0 aromatic heterocycles. The number of benzene rings is 2. The van der Waals surface area contributed by atoms with E-state index >= 15 is 0 Å². The number of aryl methyl sites for hydroxylation is 1. The molecule has 24 heavy (non-hydrogen) atoms. The maximum absolute atomic E-state index is 12.2. The molecule has 0 saturated carbocycles. The SMILES string of the molecule is Cc1ccc(S(=O)(=O)CNC(=O)CN(C)c2cccc(Cl)c2)cc1. The Balaban J connectivity index is 1.94. The Bertz CT molecular complexity index is 820. The van der Waals surface area contributed by atoms with E-state index in [-0.39, 0.29) is 17.3 Å². The number of amides is 1.